The third-order valence-corrected chi connectivity index (χ3v) is 8.35. The minimum atomic E-state index is -4.67. The van der Waals surface area contributed by atoms with E-state index in [2.05, 4.69) is 21.4 Å². The van der Waals surface area contributed by atoms with E-state index in [4.69, 9.17) is 27.0 Å². The zero-order valence-corrected chi connectivity index (χ0v) is 33.8. The van der Waals surface area contributed by atoms with Gasteiger partial charge in [0.15, 0.2) is 0 Å². The topological polar surface area (TPSA) is 233 Å². The van der Waals surface area contributed by atoms with Gasteiger partial charge in [0.25, 0.3) is 5.91 Å². The monoisotopic (exact) mass is 801 g/mol. The highest BCUT2D eigenvalue weighted by Crippen LogP contribution is 2.23. The molecular formula is C39H55N5O11S. The first kappa shape index (κ1) is 47.1. The van der Waals surface area contributed by atoms with Crippen molar-refractivity contribution in [1.29, 1.82) is 0 Å². The van der Waals surface area contributed by atoms with Crippen LogP contribution < -0.4 is 21.4 Å². The summed E-state index contributed by atoms with van der Waals surface area (Å²) >= 11 is 0. The summed E-state index contributed by atoms with van der Waals surface area (Å²) in [7, 11) is -2.22. The zero-order chi connectivity index (χ0) is 42.3. The van der Waals surface area contributed by atoms with Gasteiger partial charge in [0.1, 0.15) is 12.1 Å². The molecule has 0 fully saturated rings. The third-order valence-electron chi connectivity index (χ3n) is 8.35. The third kappa shape index (κ3) is 17.2. The zero-order valence-electron chi connectivity index (χ0n) is 33.0. The van der Waals surface area contributed by atoms with Gasteiger partial charge >= 0.3 is 22.6 Å². The van der Waals surface area contributed by atoms with Crippen molar-refractivity contribution in [2.45, 2.75) is 78.7 Å². The van der Waals surface area contributed by atoms with E-state index in [1.807, 2.05) is 126 Å². The molecule has 3 aromatic rings. The van der Waals surface area contributed by atoms with Crippen molar-refractivity contribution >= 4 is 34.4 Å². The van der Waals surface area contributed by atoms with Crippen LogP contribution in [0.25, 0.3) is 11.1 Å². The number of amides is 4. The number of ether oxygens (including phenoxy) is 2. The molecule has 0 aliphatic carbocycles. The molecule has 3 aromatic carbocycles. The fourth-order valence-corrected chi connectivity index (χ4v) is 5.50. The van der Waals surface area contributed by atoms with Crippen LogP contribution in [0.1, 0.15) is 52.7 Å². The quantitative estimate of drug-likeness (QED) is 0.0900. The molecule has 7 N–H and O–H groups in total. The average Bonchev–Trinajstić information content (AvgIpc) is 3.11. The first-order chi connectivity index (χ1) is 26.0. The van der Waals surface area contributed by atoms with Gasteiger partial charge in [-0.25, -0.2) is 14.6 Å². The van der Waals surface area contributed by atoms with Crippen molar-refractivity contribution in [2.24, 2.45) is 10.8 Å². The van der Waals surface area contributed by atoms with E-state index < -0.39 is 69.5 Å². The van der Waals surface area contributed by atoms with Gasteiger partial charge in [0.05, 0.1) is 26.4 Å². The Bertz CT molecular complexity index is 1810. The largest absolute Gasteiger partial charge is 0.453 e. The molecule has 4 amide bonds. The molecule has 0 bridgehead atoms. The smallest absolute Gasteiger partial charge is 0.407 e. The number of benzene rings is 3. The van der Waals surface area contributed by atoms with Gasteiger partial charge in [-0.15, -0.1) is 0 Å². The van der Waals surface area contributed by atoms with Crippen LogP contribution in [0.3, 0.4) is 0 Å². The maximum absolute atomic E-state index is 13.8. The summed E-state index contributed by atoms with van der Waals surface area (Å²) in [6.45, 7) is 11.0. The number of alkyl carbamates (subject to hydrolysis) is 2. The lowest BCUT2D eigenvalue weighted by Gasteiger charge is -2.35. The number of methoxy groups -OCH3 is 2. The Morgan fingerprint density at radius 3 is 1.54 bits per heavy atom. The Balaban J connectivity index is 0.00000203. The Labute approximate surface area is 328 Å². The molecule has 0 saturated carbocycles. The minimum absolute atomic E-state index is 0.107. The summed E-state index contributed by atoms with van der Waals surface area (Å²) in [6, 6.07) is 24.4. The molecule has 16 nitrogen and oxygen atoms in total. The number of nitrogens with one attached hydrogen (secondary N) is 4. The summed E-state index contributed by atoms with van der Waals surface area (Å²) in [4.78, 5) is 51.9. The normalized spacial score (nSPS) is 13.8. The second kappa shape index (κ2) is 21.3. The number of nitrogens with zero attached hydrogens (tertiary/aromatic N) is 1. The number of hydrogen-bond acceptors (Lipinski definition) is 10. The highest BCUT2D eigenvalue weighted by Gasteiger charge is 2.37. The fourth-order valence-electron chi connectivity index (χ4n) is 5.50. The predicted molar refractivity (Wildman–Crippen MR) is 210 cm³/mol. The molecule has 0 aliphatic heterocycles. The number of carbonyl (C=O) groups excluding carboxylic acids is 4. The van der Waals surface area contributed by atoms with Crippen LogP contribution in [-0.4, -0.2) is 96.6 Å². The highest BCUT2D eigenvalue weighted by molar-refractivity contribution is 7.79. The summed E-state index contributed by atoms with van der Waals surface area (Å²) in [5.41, 5.74) is 5.30. The standard InChI is InChI=1S/C39H53N5O7.H2O4S/c1-38(2,3)32(41-36(48)50-7)34(46)40-30(23-26-15-11-9-12-16-26)31(45)25-44(43-35(47)33(39(4,5)6)42-37(49)51-8)24-27-19-21-29(22-20-27)28-17-13-10-14-18-28;1-5(2,3)4/h9-22,30-33,45H,23-25H2,1-8H3,(H,40,46)(H,41,48)(H,42,49)(H,43,47);(H2,1,2,3,4)/t30-,31-,32+,33+;/m0./s1. The maximum atomic E-state index is 13.8. The van der Waals surface area contributed by atoms with Crippen molar-refractivity contribution in [2.75, 3.05) is 20.8 Å². The molecule has 56 heavy (non-hydrogen) atoms. The molecule has 0 unspecified atom stereocenters. The number of aliphatic hydroxyl groups is 1. The molecular weight excluding hydrogens is 747 g/mol. The predicted octanol–water partition coefficient (Wildman–Crippen LogP) is 4.16. The van der Waals surface area contributed by atoms with Gasteiger partial charge in [-0.2, -0.15) is 8.42 Å². The molecule has 17 heteroatoms. The van der Waals surface area contributed by atoms with E-state index in [1.54, 1.807) is 5.01 Å². The molecule has 0 aromatic heterocycles. The SMILES string of the molecule is COC(=O)N[C@H](C(=O)N[C@@H](Cc1ccccc1)[C@@H](O)CN(Cc1ccc(-c2ccccc2)cc1)NC(=O)[C@@H](NC(=O)OC)C(C)(C)C)C(C)(C)C.O=S(=O)(O)O. The number of aliphatic hydroxyl groups excluding tert-OH is 1. The molecule has 0 saturated heterocycles. The number of carbonyl (C=O) groups is 4. The van der Waals surface area contributed by atoms with E-state index in [9.17, 15) is 24.3 Å². The lowest BCUT2D eigenvalue weighted by Crippen LogP contribution is -2.60. The molecule has 4 atom stereocenters. The molecule has 0 aliphatic rings. The van der Waals surface area contributed by atoms with Gasteiger partial charge in [0.2, 0.25) is 5.91 Å². The van der Waals surface area contributed by atoms with Crippen molar-refractivity contribution in [3.8, 4) is 11.1 Å². The Hall–Kier alpha value is -5.07. The van der Waals surface area contributed by atoms with Gasteiger partial charge < -0.3 is 30.5 Å². The Morgan fingerprint density at radius 2 is 1.09 bits per heavy atom. The number of rotatable bonds is 14. The highest BCUT2D eigenvalue weighted by atomic mass is 32.3. The second-order valence-electron chi connectivity index (χ2n) is 15.1. The van der Waals surface area contributed by atoms with Crippen LogP contribution >= 0.6 is 0 Å². The fraction of sp³-hybridized carbons (Fsp3) is 0.436. The summed E-state index contributed by atoms with van der Waals surface area (Å²) in [6.07, 6.45) is -2.47. The first-order valence-electron chi connectivity index (χ1n) is 17.6. The van der Waals surface area contributed by atoms with E-state index >= 15 is 0 Å². The molecule has 0 heterocycles. The molecule has 308 valence electrons. The minimum Gasteiger partial charge on any atom is -0.453 e. The van der Waals surface area contributed by atoms with Crippen molar-refractivity contribution in [3.63, 3.8) is 0 Å². The van der Waals surface area contributed by atoms with Crippen LogP contribution in [0.15, 0.2) is 84.9 Å². The van der Waals surface area contributed by atoms with Gasteiger partial charge in [-0.3, -0.25) is 24.1 Å². The lowest BCUT2D eigenvalue weighted by molar-refractivity contribution is -0.132. The van der Waals surface area contributed by atoms with E-state index in [-0.39, 0.29) is 19.5 Å². The van der Waals surface area contributed by atoms with E-state index in [0.29, 0.717) is 0 Å². The second-order valence-corrected chi connectivity index (χ2v) is 16.0. The number of hydrazine groups is 1. The summed E-state index contributed by atoms with van der Waals surface area (Å²) in [5, 5.41) is 21.6. The lowest BCUT2D eigenvalue weighted by atomic mass is 9.85. The molecule has 0 spiro atoms. The van der Waals surface area contributed by atoms with Crippen molar-refractivity contribution < 1.29 is 51.3 Å². The Kier molecular flexibility index (Phi) is 17.9. The van der Waals surface area contributed by atoms with Crippen molar-refractivity contribution in [3.05, 3.63) is 96.1 Å². The summed E-state index contributed by atoms with van der Waals surface area (Å²) < 4.78 is 41.1. The van der Waals surface area contributed by atoms with Crippen molar-refractivity contribution in [1.82, 2.24) is 26.4 Å². The van der Waals surface area contributed by atoms with Gasteiger partial charge in [-0.1, -0.05) is 126 Å². The van der Waals surface area contributed by atoms with Gasteiger partial charge in [0, 0.05) is 13.1 Å². The van der Waals surface area contributed by atoms with Crippen LogP contribution in [0.4, 0.5) is 9.59 Å². The van der Waals surface area contributed by atoms with Crippen LogP contribution in [0.5, 0.6) is 0 Å². The number of hydrogen-bond donors (Lipinski definition) is 7. The van der Waals surface area contributed by atoms with Crippen LogP contribution in [0, 0.1) is 10.8 Å². The van der Waals surface area contributed by atoms with E-state index in [0.717, 1.165) is 22.3 Å². The average molecular weight is 802 g/mol. The van der Waals surface area contributed by atoms with Gasteiger partial charge in [-0.05, 0) is 39.5 Å². The summed E-state index contributed by atoms with van der Waals surface area (Å²) in [5.74, 6) is -1.02. The molecule has 0 radical (unpaired) electrons. The van der Waals surface area contributed by atoms with E-state index in [1.165, 1.54) is 14.2 Å². The first-order valence-corrected chi connectivity index (χ1v) is 19.0. The van der Waals surface area contributed by atoms with Crippen LogP contribution in [-0.2, 0) is 42.4 Å². The Morgan fingerprint density at radius 1 is 0.661 bits per heavy atom. The maximum Gasteiger partial charge on any atom is 0.407 e. The molecule has 3 rings (SSSR count). The van der Waals surface area contributed by atoms with Crippen LogP contribution in [0.2, 0.25) is 0 Å².